The van der Waals surface area contributed by atoms with Gasteiger partial charge in [-0.2, -0.15) is 4.31 Å². The molecular weight excluding hydrogens is 380 g/mol. The fraction of sp³-hybridized carbons (Fsp3) is 0.450. The quantitative estimate of drug-likeness (QED) is 0.761. The van der Waals surface area contributed by atoms with Crippen molar-refractivity contribution in [3.05, 3.63) is 51.2 Å². The molecule has 3 rings (SSSR count). The normalized spacial score (nSPS) is 15.0. The maximum atomic E-state index is 12.6. The molecule has 1 heterocycles. The summed E-state index contributed by atoms with van der Waals surface area (Å²) in [5.74, 6) is -0.0678. The summed E-state index contributed by atoms with van der Waals surface area (Å²) in [6.07, 6.45) is 3.32. The lowest BCUT2D eigenvalue weighted by Crippen LogP contribution is -2.30. The van der Waals surface area contributed by atoms with Gasteiger partial charge in [-0.05, 0) is 55.5 Å². The summed E-state index contributed by atoms with van der Waals surface area (Å²) in [6.45, 7) is 6.45. The van der Waals surface area contributed by atoms with Crippen molar-refractivity contribution >= 4 is 27.3 Å². The zero-order valence-electron chi connectivity index (χ0n) is 16.0. The lowest BCUT2D eigenvalue weighted by atomic mass is 10.1. The molecule has 0 saturated heterocycles. The minimum atomic E-state index is -3.46. The molecule has 0 radical (unpaired) electrons. The van der Waals surface area contributed by atoms with Gasteiger partial charge in [-0.3, -0.25) is 4.79 Å². The third kappa shape index (κ3) is 4.10. The summed E-state index contributed by atoms with van der Waals surface area (Å²) in [5, 5.41) is 3.02. The van der Waals surface area contributed by atoms with Crippen LogP contribution in [-0.4, -0.2) is 31.7 Å². The van der Waals surface area contributed by atoms with E-state index in [1.165, 1.54) is 21.2 Å². The summed E-state index contributed by atoms with van der Waals surface area (Å²) >= 11 is 1.58. The van der Waals surface area contributed by atoms with Gasteiger partial charge in [0.1, 0.15) is 0 Å². The number of nitrogens with one attached hydrogen (secondary N) is 1. The average molecular weight is 407 g/mol. The first-order valence-corrected chi connectivity index (χ1v) is 11.6. The fourth-order valence-electron chi connectivity index (χ4n) is 3.43. The molecule has 7 heteroatoms. The molecule has 27 heavy (non-hydrogen) atoms. The molecule has 146 valence electrons. The molecule has 1 aromatic heterocycles. The number of benzene rings is 1. The molecule has 0 aliphatic heterocycles. The van der Waals surface area contributed by atoms with Crippen LogP contribution in [0.4, 0.5) is 0 Å². The number of carbonyl (C=O) groups excluding carboxylic acids is 1. The van der Waals surface area contributed by atoms with Crippen molar-refractivity contribution in [2.45, 2.75) is 51.0 Å². The molecule has 1 atom stereocenters. The molecule has 2 aromatic rings. The first kappa shape index (κ1) is 20.0. The van der Waals surface area contributed by atoms with Crippen molar-refractivity contribution in [2.24, 2.45) is 0 Å². The van der Waals surface area contributed by atoms with Gasteiger partial charge in [0.15, 0.2) is 0 Å². The summed E-state index contributed by atoms with van der Waals surface area (Å²) in [6, 6.07) is 8.59. The van der Waals surface area contributed by atoms with Crippen molar-refractivity contribution in [3.8, 4) is 0 Å². The van der Waals surface area contributed by atoms with E-state index >= 15 is 0 Å². The first-order valence-electron chi connectivity index (χ1n) is 9.39. The Labute approximate surface area is 165 Å². The lowest BCUT2D eigenvalue weighted by molar-refractivity contribution is 0.0944. The van der Waals surface area contributed by atoms with Crippen molar-refractivity contribution in [2.75, 3.05) is 13.1 Å². The molecule has 1 unspecified atom stereocenters. The fourth-order valence-corrected chi connectivity index (χ4v) is 6.05. The van der Waals surface area contributed by atoms with Crippen molar-refractivity contribution in [1.29, 1.82) is 0 Å². The lowest BCUT2D eigenvalue weighted by Gasteiger charge is -2.19. The van der Waals surface area contributed by atoms with E-state index in [1.54, 1.807) is 35.6 Å². The van der Waals surface area contributed by atoms with Crippen molar-refractivity contribution in [1.82, 2.24) is 9.62 Å². The summed E-state index contributed by atoms with van der Waals surface area (Å²) in [4.78, 5) is 14.9. The monoisotopic (exact) mass is 406 g/mol. The predicted octanol–water partition coefficient (Wildman–Crippen LogP) is 3.76. The number of carbonyl (C=O) groups is 1. The average Bonchev–Trinajstić information content (AvgIpc) is 3.24. The van der Waals surface area contributed by atoms with Gasteiger partial charge in [0, 0.05) is 18.0 Å². The summed E-state index contributed by atoms with van der Waals surface area (Å²) < 4.78 is 26.6. The highest BCUT2D eigenvalue weighted by atomic mass is 32.2. The zero-order valence-corrected chi connectivity index (χ0v) is 17.6. The Kier molecular flexibility index (Phi) is 6.03. The van der Waals surface area contributed by atoms with E-state index in [0.717, 1.165) is 23.3 Å². The number of hydrogen-bond donors (Lipinski definition) is 1. The van der Waals surface area contributed by atoms with Crippen LogP contribution in [-0.2, 0) is 22.9 Å². The van der Waals surface area contributed by atoms with Gasteiger partial charge in [-0.15, -0.1) is 11.3 Å². The molecule has 1 amide bonds. The Bertz CT molecular complexity index is 892. The van der Waals surface area contributed by atoms with E-state index in [0.29, 0.717) is 13.1 Å². The molecule has 1 N–H and O–H groups in total. The highest BCUT2D eigenvalue weighted by Gasteiger charge is 2.22. The van der Waals surface area contributed by atoms with Crippen LogP contribution in [0.2, 0.25) is 0 Å². The van der Waals surface area contributed by atoms with E-state index in [2.05, 4.69) is 5.32 Å². The van der Waals surface area contributed by atoms with E-state index in [-0.39, 0.29) is 16.8 Å². The number of nitrogens with zero attached hydrogens (tertiary/aromatic N) is 1. The maximum Gasteiger partial charge on any atom is 0.261 e. The summed E-state index contributed by atoms with van der Waals surface area (Å²) in [7, 11) is -3.46. The van der Waals surface area contributed by atoms with Gasteiger partial charge < -0.3 is 5.32 Å². The molecular formula is C20H26N2O3S2. The molecule has 1 aromatic carbocycles. The van der Waals surface area contributed by atoms with Crippen LogP contribution in [0.3, 0.4) is 0 Å². The number of fused-ring (bicyclic) bond motifs is 1. The van der Waals surface area contributed by atoms with Crippen LogP contribution >= 0.6 is 11.3 Å². The third-order valence-corrected chi connectivity index (χ3v) is 8.34. The molecule has 1 aliphatic carbocycles. The number of thiophene rings is 1. The van der Waals surface area contributed by atoms with Gasteiger partial charge >= 0.3 is 0 Å². The maximum absolute atomic E-state index is 12.6. The minimum Gasteiger partial charge on any atom is -0.345 e. The number of amides is 1. The van der Waals surface area contributed by atoms with E-state index in [4.69, 9.17) is 0 Å². The Hall–Kier alpha value is -1.70. The SMILES string of the molecule is CCN(CC)S(=O)(=O)c1ccc(C(C)NC(=O)c2cc3c(s2)CCC3)cc1. The number of sulfonamides is 1. The van der Waals surface area contributed by atoms with Crippen LogP contribution in [0.15, 0.2) is 35.2 Å². The third-order valence-electron chi connectivity index (χ3n) is 5.04. The van der Waals surface area contributed by atoms with Crippen LogP contribution < -0.4 is 5.32 Å². The second kappa shape index (κ2) is 8.12. The Morgan fingerprint density at radius 1 is 1.19 bits per heavy atom. The summed E-state index contributed by atoms with van der Waals surface area (Å²) in [5.41, 5.74) is 2.19. The van der Waals surface area contributed by atoms with E-state index < -0.39 is 10.0 Å². The molecule has 0 saturated carbocycles. The standard InChI is InChI=1S/C20H26N2O3S2/c1-4-22(5-2)27(24,25)17-11-9-15(10-12-17)14(3)21-20(23)19-13-16-7-6-8-18(16)26-19/h9-14H,4-8H2,1-3H3,(H,21,23). The highest BCUT2D eigenvalue weighted by Crippen LogP contribution is 2.31. The largest absolute Gasteiger partial charge is 0.345 e. The van der Waals surface area contributed by atoms with Gasteiger partial charge in [-0.25, -0.2) is 8.42 Å². The Morgan fingerprint density at radius 3 is 2.44 bits per heavy atom. The van der Waals surface area contributed by atoms with Gasteiger partial charge in [-0.1, -0.05) is 26.0 Å². The molecule has 0 fully saturated rings. The van der Waals surface area contributed by atoms with Gasteiger partial charge in [0.25, 0.3) is 5.91 Å². The second-order valence-electron chi connectivity index (χ2n) is 6.77. The predicted molar refractivity (Wildman–Crippen MR) is 109 cm³/mol. The minimum absolute atomic E-state index is 0.0678. The Morgan fingerprint density at radius 2 is 1.85 bits per heavy atom. The molecule has 5 nitrogen and oxygen atoms in total. The molecule has 0 bridgehead atoms. The first-order chi connectivity index (χ1) is 12.9. The molecule has 1 aliphatic rings. The highest BCUT2D eigenvalue weighted by molar-refractivity contribution is 7.89. The second-order valence-corrected chi connectivity index (χ2v) is 9.84. The number of rotatable bonds is 7. The van der Waals surface area contributed by atoms with Gasteiger partial charge in [0.05, 0.1) is 15.8 Å². The molecule has 0 spiro atoms. The Balaban J connectivity index is 1.70. The van der Waals surface area contributed by atoms with Gasteiger partial charge in [0.2, 0.25) is 10.0 Å². The van der Waals surface area contributed by atoms with Crippen LogP contribution in [0, 0.1) is 0 Å². The van der Waals surface area contributed by atoms with Crippen LogP contribution in [0.5, 0.6) is 0 Å². The van der Waals surface area contributed by atoms with Crippen molar-refractivity contribution in [3.63, 3.8) is 0 Å². The van der Waals surface area contributed by atoms with E-state index in [9.17, 15) is 13.2 Å². The zero-order chi connectivity index (χ0) is 19.6. The van der Waals surface area contributed by atoms with Crippen LogP contribution in [0.1, 0.15) is 58.9 Å². The van der Waals surface area contributed by atoms with Crippen LogP contribution in [0.25, 0.3) is 0 Å². The van der Waals surface area contributed by atoms with Crippen molar-refractivity contribution < 1.29 is 13.2 Å². The topological polar surface area (TPSA) is 66.5 Å². The number of aryl methyl sites for hydroxylation is 2. The van der Waals surface area contributed by atoms with E-state index in [1.807, 2.05) is 26.8 Å². The number of hydrogen-bond acceptors (Lipinski definition) is 4. The smallest absolute Gasteiger partial charge is 0.261 e.